The van der Waals surface area contributed by atoms with Crippen LogP contribution in [0.15, 0.2) is 42.6 Å². The van der Waals surface area contributed by atoms with Gasteiger partial charge >= 0.3 is 0 Å². The lowest BCUT2D eigenvalue weighted by atomic mass is 10.2. The van der Waals surface area contributed by atoms with E-state index in [-0.39, 0.29) is 0 Å². The van der Waals surface area contributed by atoms with Crippen LogP contribution in [0, 0.1) is 6.92 Å². The van der Waals surface area contributed by atoms with Gasteiger partial charge in [-0.1, -0.05) is 12.1 Å². The predicted molar refractivity (Wildman–Crippen MR) is 71.9 cm³/mol. The Morgan fingerprint density at radius 1 is 1.18 bits per heavy atom. The molecule has 0 spiro atoms. The Balaban J connectivity index is 2.11. The van der Waals surface area contributed by atoms with Crippen molar-refractivity contribution in [2.45, 2.75) is 13.5 Å². The lowest BCUT2D eigenvalue weighted by Gasteiger charge is -2.19. The highest BCUT2D eigenvalue weighted by Gasteiger charge is 2.02. The van der Waals surface area contributed by atoms with E-state index in [1.807, 2.05) is 31.3 Å². The van der Waals surface area contributed by atoms with Crippen molar-refractivity contribution in [2.75, 3.05) is 17.7 Å². The molecule has 0 saturated heterocycles. The molecule has 2 N–H and O–H groups in total. The zero-order valence-corrected chi connectivity index (χ0v) is 10.2. The van der Waals surface area contributed by atoms with E-state index in [4.69, 9.17) is 5.73 Å². The van der Waals surface area contributed by atoms with E-state index in [1.165, 1.54) is 11.3 Å². The number of nitrogens with two attached hydrogens (primary N) is 1. The highest BCUT2D eigenvalue weighted by molar-refractivity contribution is 5.47. The minimum atomic E-state index is 0.802. The summed E-state index contributed by atoms with van der Waals surface area (Å²) in [5, 5.41) is 0. The molecule has 0 aliphatic carbocycles. The molecule has 3 nitrogen and oxygen atoms in total. The molecule has 88 valence electrons. The van der Waals surface area contributed by atoms with Crippen molar-refractivity contribution in [1.82, 2.24) is 4.98 Å². The summed E-state index contributed by atoms with van der Waals surface area (Å²) in [7, 11) is 2.07. The van der Waals surface area contributed by atoms with Crippen LogP contribution in [0.1, 0.15) is 11.3 Å². The third kappa shape index (κ3) is 2.97. The topological polar surface area (TPSA) is 42.1 Å². The number of aromatic nitrogens is 1. The van der Waals surface area contributed by atoms with Crippen molar-refractivity contribution in [2.24, 2.45) is 0 Å². The first-order chi connectivity index (χ1) is 8.15. The first-order valence-electron chi connectivity index (χ1n) is 5.63. The van der Waals surface area contributed by atoms with E-state index in [9.17, 15) is 0 Å². The Labute approximate surface area is 102 Å². The molecule has 0 atom stereocenters. The van der Waals surface area contributed by atoms with Crippen molar-refractivity contribution in [1.29, 1.82) is 0 Å². The van der Waals surface area contributed by atoms with Gasteiger partial charge in [-0.3, -0.25) is 4.98 Å². The van der Waals surface area contributed by atoms with E-state index in [1.54, 1.807) is 0 Å². The van der Waals surface area contributed by atoms with Gasteiger partial charge < -0.3 is 10.6 Å². The lowest BCUT2D eigenvalue weighted by Crippen LogP contribution is -2.16. The predicted octanol–water partition coefficient (Wildman–Crippen LogP) is 2.61. The van der Waals surface area contributed by atoms with Crippen LogP contribution < -0.4 is 10.6 Å². The van der Waals surface area contributed by atoms with E-state index >= 15 is 0 Å². The van der Waals surface area contributed by atoms with Gasteiger partial charge in [0.2, 0.25) is 0 Å². The van der Waals surface area contributed by atoms with E-state index in [0.717, 1.165) is 17.9 Å². The largest absolute Gasteiger partial charge is 0.399 e. The molecule has 0 unspecified atom stereocenters. The highest BCUT2D eigenvalue weighted by Crippen LogP contribution is 2.16. The number of hydrogen-bond donors (Lipinski definition) is 1. The fourth-order valence-corrected chi connectivity index (χ4v) is 1.76. The zero-order valence-electron chi connectivity index (χ0n) is 10.2. The van der Waals surface area contributed by atoms with Gasteiger partial charge in [0.25, 0.3) is 0 Å². The second-order valence-electron chi connectivity index (χ2n) is 4.25. The minimum absolute atomic E-state index is 0.802. The molecular weight excluding hydrogens is 210 g/mol. The van der Waals surface area contributed by atoms with Crippen LogP contribution in [-0.4, -0.2) is 12.0 Å². The van der Waals surface area contributed by atoms with Gasteiger partial charge in [0.1, 0.15) is 0 Å². The second-order valence-corrected chi connectivity index (χ2v) is 4.25. The van der Waals surface area contributed by atoms with Crippen molar-refractivity contribution in [3.63, 3.8) is 0 Å². The average Bonchev–Trinajstić information content (AvgIpc) is 2.32. The Bertz CT molecular complexity index is 491. The van der Waals surface area contributed by atoms with Crippen molar-refractivity contribution in [3.8, 4) is 0 Å². The molecule has 2 aromatic rings. The fourth-order valence-electron chi connectivity index (χ4n) is 1.76. The zero-order chi connectivity index (χ0) is 12.3. The molecule has 0 amide bonds. The number of nitrogens with zero attached hydrogens (tertiary/aromatic N) is 2. The number of hydrogen-bond acceptors (Lipinski definition) is 3. The Morgan fingerprint density at radius 2 is 1.88 bits per heavy atom. The summed E-state index contributed by atoms with van der Waals surface area (Å²) in [4.78, 5) is 6.39. The van der Waals surface area contributed by atoms with Crippen LogP contribution in [0.2, 0.25) is 0 Å². The Morgan fingerprint density at radius 3 is 2.53 bits per heavy atom. The second kappa shape index (κ2) is 4.87. The molecule has 1 aromatic carbocycles. The summed E-state index contributed by atoms with van der Waals surface area (Å²) < 4.78 is 0. The molecule has 0 bridgehead atoms. The van der Waals surface area contributed by atoms with E-state index < -0.39 is 0 Å². The van der Waals surface area contributed by atoms with Crippen LogP contribution >= 0.6 is 0 Å². The average molecular weight is 227 g/mol. The van der Waals surface area contributed by atoms with Crippen molar-refractivity contribution >= 4 is 11.4 Å². The smallest absolute Gasteiger partial charge is 0.0426 e. The summed E-state index contributed by atoms with van der Waals surface area (Å²) in [6, 6.07) is 12.1. The van der Waals surface area contributed by atoms with Crippen molar-refractivity contribution < 1.29 is 0 Å². The molecule has 1 heterocycles. The third-order valence-corrected chi connectivity index (χ3v) is 2.72. The SMILES string of the molecule is Cc1cc(N(C)Cc2ccc(N)cc2)ccn1. The summed E-state index contributed by atoms with van der Waals surface area (Å²) in [5.41, 5.74) is 9.92. The number of benzene rings is 1. The highest BCUT2D eigenvalue weighted by atomic mass is 15.1. The molecule has 0 fully saturated rings. The van der Waals surface area contributed by atoms with Gasteiger partial charge in [-0.2, -0.15) is 0 Å². The molecular formula is C14H17N3. The van der Waals surface area contributed by atoms with E-state index in [2.05, 4.69) is 35.1 Å². The number of rotatable bonds is 3. The molecule has 17 heavy (non-hydrogen) atoms. The van der Waals surface area contributed by atoms with Crippen LogP contribution in [-0.2, 0) is 6.54 Å². The van der Waals surface area contributed by atoms with Crippen molar-refractivity contribution in [3.05, 3.63) is 53.9 Å². The Hall–Kier alpha value is -2.03. The van der Waals surface area contributed by atoms with Crippen LogP contribution in [0.25, 0.3) is 0 Å². The normalized spacial score (nSPS) is 10.2. The van der Waals surface area contributed by atoms with Crippen LogP contribution in [0.5, 0.6) is 0 Å². The molecule has 0 radical (unpaired) electrons. The molecule has 0 aliphatic heterocycles. The molecule has 0 saturated carbocycles. The maximum Gasteiger partial charge on any atom is 0.0426 e. The van der Waals surface area contributed by atoms with E-state index in [0.29, 0.717) is 0 Å². The van der Waals surface area contributed by atoms with Gasteiger partial charge in [0.05, 0.1) is 0 Å². The number of pyridine rings is 1. The fraction of sp³-hybridized carbons (Fsp3) is 0.214. The summed E-state index contributed by atoms with van der Waals surface area (Å²) in [6.45, 7) is 2.87. The molecule has 1 aromatic heterocycles. The summed E-state index contributed by atoms with van der Waals surface area (Å²) in [5.74, 6) is 0. The molecule has 0 aliphatic rings. The van der Waals surface area contributed by atoms with Crippen LogP contribution in [0.4, 0.5) is 11.4 Å². The lowest BCUT2D eigenvalue weighted by molar-refractivity contribution is 0.918. The maximum atomic E-state index is 5.67. The number of aryl methyl sites for hydroxylation is 1. The Kier molecular flexibility index (Phi) is 3.28. The summed E-state index contributed by atoms with van der Waals surface area (Å²) in [6.07, 6.45) is 1.84. The minimum Gasteiger partial charge on any atom is -0.399 e. The van der Waals surface area contributed by atoms with Gasteiger partial charge in [0, 0.05) is 36.9 Å². The van der Waals surface area contributed by atoms with Crippen LogP contribution in [0.3, 0.4) is 0 Å². The standard InChI is InChI=1S/C14H17N3/c1-11-9-14(7-8-16-11)17(2)10-12-3-5-13(15)6-4-12/h3-9H,10,15H2,1-2H3. The van der Waals surface area contributed by atoms with Gasteiger partial charge in [0.15, 0.2) is 0 Å². The van der Waals surface area contributed by atoms with Gasteiger partial charge in [-0.15, -0.1) is 0 Å². The van der Waals surface area contributed by atoms with Gasteiger partial charge in [-0.25, -0.2) is 0 Å². The number of anilines is 2. The molecule has 2 rings (SSSR count). The van der Waals surface area contributed by atoms with Gasteiger partial charge in [-0.05, 0) is 36.8 Å². The number of nitrogen functional groups attached to an aromatic ring is 1. The molecule has 3 heteroatoms. The first kappa shape index (κ1) is 11.5. The quantitative estimate of drug-likeness (QED) is 0.819. The summed E-state index contributed by atoms with van der Waals surface area (Å²) >= 11 is 0. The third-order valence-electron chi connectivity index (χ3n) is 2.72. The maximum absolute atomic E-state index is 5.67. The monoisotopic (exact) mass is 227 g/mol. The first-order valence-corrected chi connectivity index (χ1v) is 5.63.